The fourth-order valence-electron chi connectivity index (χ4n) is 9.81. The Labute approximate surface area is 466 Å². The van der Waals surface area contributed by atoms with Crippen LogP contribution in [0.4, 0.5) is 0 Å². The fourth-order valence-corrected chi connectivity index (χ4v) is 10.5. The molecule has 0 aliphatic carbocycles. The molecule has 0 aliphatic heterocycles. The quantitative estimate of drug-likeness (QED) is 0.0212. The smallest absolute Gasteiger partial charge is 0.306 e. The zero-order chi connectivity index (χ0) is 55.0. The number of ether oxygens (including phenoxy) is 1. The molecular weight excluding hydrogens is 952 g/mol. The van der Waals surface area contributed by atoms with Crippen molar-refractivity contribution in [1.82, 2.24) is 5.32 Å². The molecule has 0 aromatic carbocycles. The summed E-state index contributed by atoms with van der Waals surface area (Å²) in [5.41, 5.74) is 0. The van der Waals surface area contributed by atoms with E-state index < -0.39 is 20.0 Å². The summed E-state index contributed by atoms with van der Waals surface area (Å²) in [6.07, 6.45) is 65.8. The molecule has 10 heteroatoms. The molecule has 3 atom stereocenters. The van der Waals surface area contributed by atoms with E-state index in [0.717, 1.165) is 57.8 Å². The van der Waals surface area contributed by atoms with E-state index in [-0.39, 0.29) is 31.5 Å². The first-order valence-corrected chi connectivity index (χ1v) is 34.1. The van der Waals surface area contributed by atoms with Crippen LogP contribution < -0.4 is 10.2 Å². The van der Waals surface area contributed by atoms with Crippen molar-refractivity contribution in [2.75, 3.05) is 40.9 Å². The molecule has 3 unspecified atom stereocenters. The number of hydrogen-bond acceptors (Lipinski definition) is 7. The van der Waals surface area contributed by atoms with Crippen molar-refractivity contribution in [2.45, 2.75) is 341 Å². The van der Waals surface area contributed by atoms with Crippen LogP contribution >= 0.6 is 7.82 Å². The second kappa shape index (κ2) is 55.8. The minimum absolute atomic E-state index is 0.0184. The molecule has 0 heterocycles. The molecule has 444 valence electrons. The Morgan fingerprint density at radius 1 is 0.453 bits per heavy atom. The molecule has 0 fully saturated rings. The molecular formula is C65H127N2O7P. The van der Waals surface area contributed by atoms with Crippen molar-refractivity contribution in [2.24, 2.45) is 0 Å². The largest absolute Gasteiger partial charge is 0.756 e. The first-order chi connectivity index (χ1) is 36.4. The zero-order valence-electron chi connectivity index (χ0n) is 50.8. The lowest BCUT2D eigenvalue weighted by Gasteiger charge is -2.30. The minimum atomic E-state index is -4.69. The van der Waals surface area contributed by atoms with Crippen molar-refractivity contribution in [3.63, 3.8) is 0 Å². The molecule has 1 N–H and O–H groups in total. The van der Waals surface area contributed by atoms with Gasteiger partial charge >= 0.3 is 5.97 Å². The first kappa shape index (κ1) is 73.5. The maximum atomic E-state index is 13.5. The molecule has 1 amide bonds. The number of hydrogen-bond donors (Lipinski definition) is 1. The van der Waals surface area contributed by atoms with Gasteiger partial charge in [-0.2, -0.15) is 0 Å². The molecule has 0 saturated carbocycles. The third-order valence-electron chi connectivity index (χ3n) is 14.9. The lowest BCUT2D eigenvalue weighted by Crippen LogP contribution is -2.47. The molecule has 0 rings (SSSR count). The number of unbranched alkanes of at least 4 members (excludes halogenated alkanes) is 42. The SMILES string of the molecule is CCCCCCCC/C=C/CCCCCCCCCCCCCCCC(=O)NC(COP(=O)([O-])OCC[N+](C)(C)C)C(/C=C\CCCCCCCCCCC)OC(=O)CCCCCCCCCCCCCCCCC. The molecule has 9 nitrogen and oxygen atoms in total. The van der Waals surface area contributed by atoms with Gasteiger partial charge < -0.3 is 28.5 Å². The van der Waals surface area contributed by atoms with Crippen LogP contribution in [0.5, 0.6) is 0 Å². The van der Waals surface area contributed by atoms with E-state index in [1.54, 1.807) is 0 Å². The second-order valence-corrected chi connectivity index (χ2v) is 25.0. The van der Waals surface area contributed by atoms with E-state index in [1.165, 1.54) is 238 Å². The Hall–Kier alpha value is -1.51. The highest BCUT2D eigenvalue weighted by Crippen LogP contribution is 2.38. The topological polar surface area (TPSA) is 114 Å². The highest BCUT2D eigenvalue weighted by atomic mass is 31.2. The van der Waals surface area contributed by atoms with E-state index in [2.05, 4.69) is 38.2 Å². The van der Waals surface area contributed by atoms with Crippen molar-refractivity contribution < 1.29 is 37.3 Å². The highest BCUT2D eigenvalue weighted by Gasteiger charge is 2.27. The van der Waals surface area contributed by atoms with Gasteiger partial charge in [-0.25, -0.2) is 0 Å². The Morgan fingerprint density at radius 3 is 1.13 bits per heavy atom. The van der Waals surface area contributed by atoms with E-state index in [0.29, 0.717) is 17.4 Å². The first-order valence-electron chi connectivity index (χ1n) is 32.6. The maximum Gasteiger partial charge on any atom is 0.306 e. The fraction of sp³-hybridized carbons (Fsp3) is 0.908. The number of phosphoric ester groups is 1. The van der Waals surface area contributed by atoms with Gasteiger partial charge in [0.15, 0.2) is 0 Å². The summed E-state index contributed by atoms with van der Waals surface area (Å²) in [6, 6.07) is -0.882. The van der Waals surface area contributed by atoms with E-state index >= 15 is 0 Å². The number of esters is 1. The van der Waals surface area contributed by atoms with Gasteiger partial charge in [0.1, 0.15) is 19.3 Å². The molecule has 0 aromatic rings. The number of nitrogens with one attached hydrogen (secondary N) is 1. The van der Waals surface area contributed by atoms with Gasteiger partial charge in [0.05, 0.1) is 33.8 Å². The lowest BCUT2D eigenvalue weighted by atomic mass is 10.0. The van der Waals surface area contributed by atoms with Crippen LogP contribution in [0.1, 0.15) is 329 Å². The Morgan fingerprint density at radius 2 is 0.773 bits per heavy atom. The number of likely N-dealkylation sites (N-methyl/N-ethyl adjacent to an activating group) is 1. The van der Waals surface area contributed by atoms with Gasteiger partial charge in [0.25, 0.3) is 7.82 Å². The third-order valence-corrected chi connectivity index (χ3v) is 15.8. The number of nitrogens with zero attached hydrogens (tertiary/aromatic N) is 1. The van der Waals surface area contributed by atoms with Gasteiger partial charge in [-0.1, -0.05) is 283 Å². The normalized spacial score (nSPS) is 13.7. The Bertz CT molecular complexity index is 1340. The average Bonchev–Trinajstić information content (AvgIpc) is 3.37. The standard InChI is InChI=1S/C65H127N2O7P/c1-7-10-13-16-19-22-25-27-29-30-31-32-33-34-35-36-38-39-42-45-48-51-54-57-64(68)66-62(61-73-75(70,71)72-60-59-67(4,5)6)63(56-53-50-47-44-41-24-21-18-15-12-9-3)74-65(69)58-55-52-49-46-43-40-37-28-26-23-20-17-14-11-8-2/h27,29,53,56,62-63H,7-26,28,30-52,54-55,57-61H2,1-6H3,(H-,66,68,70,71)/b29-27+,56-53-. The lowest BCUT2D eigenvalue weighted by molar-refractivity contribution is -0.870. The van der Waals surface area contributed by atoms with Gasteiger partial charge in [0, 0.05) is 12.8 Å². The highest BCUT2D eigenvalue weighted by molar-refractivity contribution is 7.45. The van der Waals surface area contributed by atoms with Crippen LogP contribution in [-0.2, 0) is 27.9 Å². The van der Waals surface area contributed by atoms with Gasteiger partial charge in [-0.15, -0.1) is 0 Å². The van der Waals surface area contributed by atoms with Crippen molar-refractivity contribution in [1.29, 1.82) is 0 Å². The Kier molecular flexibility index (Phi) is 54.7. The van der Waals surface area contributed by atoms with Gasteiger partial charge in [0.2, 0.25) is 5.91 Å². The molecule has 0 saturated heterocycles. The number of phosphoric acid groups is 1. The summed E-state index contributed by atoms with van der Waals surface area (Å²) >= 11 is 0. The molecule has 0 aliphatic rings. The monoisotopic (exact) mass is 1080 g/mol. The van der Waals surface area contributed by atoms with Crippen molar-refractivity contribution in [3.05, 3.63) is 24.3 Å². The van der Waals surface area contributed by atoms with Crippen LogP contribution in [0.15, 0.2) is 24.3 Å². The third kappa shape index (κ3) is 57.0. The van der Waals surface area contributed by atoms with Crippen LogP contribution in [0.25, 0.3) is 0 Å². The number of rotatable bonds is 60. The van der Waals surface area contributed by atoms with Gasteiger partial charge in [-0.3, -0.25) is 14.2 Å². The predicted octanol–water partition coefficient (Wildman–Crippen LogP) is 19.5. The summed E-state index contributed by atoms with van der Waals surface area (Å²) in [7, 11) is 1.20. The van der Waals surface area contributed by atoms with Gasteiger partial charge in [-0.05, 0) is 57.4 Å². The Balaban J connectivity index is 5.07. The number of carbonyl (C=O) groups is 2. The average molecular weight is 1080 g/mol. The molecule has 0 bridgehead atoms. The van der Waals surface area contributed by atoms with Crippen LogP contribution in [0, 0.1) is 0 Å². The summed E-state index contributed by atoms with van der Waals surface area (Å²) < 4.78 is 30.3. The minimum Gasteiger partial charge on any atom is -0.756 e. The zero-order valence-corrected chi connectivity index (χ0v) is 51.7. The number of carbonyl (C=O) groups excluding carboxylic acids is 2. The van der Waals surface area contributed by atoms with Crippen LogP contribution in [-0.4, -0.2) is 69.4 Å². The van der Waals surface area contributed by atoms with E-state index in [9.17, 15) is 19.0 Å². The van der Waals surface area contributed by atoms with Crippen LogP contribution in [0.2, 0.25) is 0 Å². The summed E-state index contributed by atoms with van der Waals surface area (Å²) in [4.78, 5) is 40.0. The number of quaternary nitrogens is 1. The van der Waals surface area contributed by atoms with Crippen LogP contribution in [0.3, 0.4) is 0 Å². The summed E-state index contributed by atoms with van der Waals surface area (Å²) in [5.74, 6) is -0.523. The predicted molar refractivity (Wildman–Crippen MR) is 321 cm³/mol. The van der Waals surface area contributed by atoms with E-state index in [1.807, 2.05) is 33.3 Å². The molecule has 0 radical (unpaired) electrons. The molecule has 0 spiro atoms. The summed E-state index contributed by atoms with van der Waals surface area (Å²) in [6.45, 7) is 6.88. The second-order valence-electron chi connectivity index (χ2n) is 23.6. The number of allylic oxidation sites excluding steroid dienone is 3. The molecule has 75 heavy (non-hydrogen) atoms. The maximum absolute atomic E-state index is 13.5. The van der Waals surface area contributed by atoms with E-state index in [4.69, 9.17) is 13.8 Å². The summed E-state index contributed by atoms with van der Waals surface area (Å²) in [5, 5.41) is 3.04. The molecule has 0 aromatic heterocycles. The van der Waals surface area contributed by atoms with Crippen molar-refractivity contribution in [3.8, 4) is 0 Å². The van der Waals surface area contributed by atoms with Crippen molar-refractivity contribution >= 4 is 19.7 Å². The number of amides is 1.